The maximum Gasteiger partial charge on any atom is 0.303 e. The molecule has 1 aliphatic heterocycles. The molecule has 0 saturated carbocycles. The number of esters is 2. The smallest absolute Gasteiger partial charge is 0.303 e. The molecule has 5 nitrogen and oxygen atoms in total. The largest absolute Gasteiger partial charge is 0.463 e. The predicted octanol–water partition coefficient (Wildman–Crippen LogP) is 3.71. The van der Waals surface area contributed by atoms with Gasteiger partial charge in [-0.2, -0.15) is 0 Å². The zero-order valence-electron chi connectivity index (χ0n) is 14.6. The van der Waals surface area contributed by atoms with Gasteiger partial charge in [-0.3, -0.25) is 9.59 Å². The highest BCUT2D eigenvalue weighted by Crippen LogP contribution is 2.32. The zero-order chi connectivity index (χ0) is 18.5. The van der Waals surface area contributed by atoms with Crippen LogP contribution in [0, 0.1) is 0 Å². The van der Waals surface area contributed by atoms with Gasteiger partial charge < -0.3 is 14.2 Å². The van der Waals surface area contributed by atoms with Crippen LogP contribution < -0.4 is 0 Å². The molecule has 0 saturated heterocycles. The first kappa shape index (κ1) is 18.5. The summed E-state index contributed by atoms with van der Waals surface area (Å²) in [5, 5.41) is 2.34. The van der Waals surface area contributed by atoms with Crippen LogP contribution >= 0.6 is 11.8 Å². The van der Waals surface area contributed by atoms with E-state index in [1.165, 1.54) is 19.2 Å². The van der Waals surface area contributed by atoms with Crippen molar-refractivity contribution in [1.82, 2.24) is 0 Å². The van der Waals surface area contributed by atoms with E-state index in [1.807, 2.05) is 24.3 Å². The van der Waals surface area contributed by atoms with Crippen molar-refractivity contribution < 1.29 is 23.8 Å². The van der Waals surface area contributed by atoms with E-state index in [9.17, 15) is 9.59 Å². The van der Waals surface area contributed by atoms with Crippen molar-refractivity contribution in [2.24, 2.45) is 0 Å². The second-order valence-electron chi connectivity index (χ2n) is 5.93. The summed E-state index contributed by atoms with van der Waals surface area (Å²) in [4.78, 5) is 23.4. The summed E-state index contributed by atoms with van der Waals surface area (Å²) < 4.78 is 16.3. The van der Waals surface area contributed by atoms with E-state index in [0.29, 0.717) is 0 Å². The molecule has 1 unspecified atom stereocenters. The van der Waals surface area contributed by atoms with Crippen LogP contribution in [0.1, 0.15) is 13.8 Å². The molecule has 3 atom stereocenters. The standard InChI is InChI=1S/C20H20O5S/c1-13(21)23-12-19-18(24-14(2)22)9-10-20(25-19)26-17-8-7-15-5-3-4-6-16(15)11-17/h3-11,18-20H,12H2,1-2H3/t18-,19+,20?/m0/s1. The molecular weight excluding hydrogens is 352 g/mol. The van der Waals surface area contributed by atoms with Gasteiger partial charge in [0.2, 0.25) is 0 Å². The monoisotopic (exact) mass is 372 g/mol. The highest BCUT2D eigenvalue weighted by Gasteiger charge is 2.31. The molecule has 0 aliphatic carbocycles. The highest BCUT2D eigenvalue weighted by atomic mass is 32.2. The zero-order valence-corrected chi connectivity index (χ0v) is 15.4. The molecular formula is C20H20O5S. The molecule has 2 aromatic rings. The van der Waals surface area contributed by atoms with Crippen molar-refractivity contribution in [3.63, 3.8) is 0 Å². The Balaban J connectivity index is 1.72. The van der Waals surface area contributed by atoms with Crippen LogP contribution in [0.3, 0.4) is 0 Å². The minimum atomic E-state index is -0.569. The molecule has 0 N–H and O–H groups in total. The van der Waals surface area contributed by atoms with Crippen LogP contribution in [0.4, 0.5) is 0 Å². The van der Waals surface area contributed by atoms with Crippen LogP contribution in [-0.2, 0) is 23.8 Å². The lowest BCUT2D eigenvalue weighted by molar-refractivity contribution is -0.160. The van der Waals surface area contributed by atoms with Crippen molar-refractivity contribution in [3.05, 3.63) is 54.6 Å². The van der Waals surface area contributed by atoms with Crippen LogP contribution in [0.2, 0.25) is 0 Å². The Kier molecular flexibility index (Phi) is 5.96. The molecule has 6 heteroatoms. The van der Waals surface area contributed by atoms with Gasteiger partial charge in [0.05, 0.1) is 0 Å². The molecule has 3 rings (SSSR count). The number of hydrogen-bond acceptors (Lipinski definition) is 6. The summed E-state index contributed by atoms with van der Waals surface area (Å²) in [5.74, 6) is -0.805. The fraction of sp³-hybridized carbons (Fsp3) is 0.300. The van der Waals surface area contributed by atoms with Crippen LogP contribution in [0.5, 0.6) is 0 Å². The number of ether oxygens (including phenoxy) is 3. The normalized spacial score (nSPS) is 22.2. The van der Waals surface area contributed by atoms with Gasteiger partial charge in [-0.1, -0.05) is 42.1 Å². The van der Waals surface area contributed by atoms with Crippen molar-refractivity contribution in [1.29, 1.82) is 0 Å². The summed E-state index contributed by atoms with van der Waals surface area (Å²) in [6.07, 6.45) is 2.54. The minimum absolute atomic E-state index is 0.0341. The second-order valence-corrected chi connectivity index (χ2v) is 7.10. The lowest BCUT2D eigenvalue weighted by Gasteiger charge is -2.31. The summed E-state index contributed by atoms with van der Waals surface area (Å²) in [7, 11) is 0. The van der Waals surface area contributed by atoms with E-state index in [-0.39, 0.29) is 12.0 Å². The lowest BCUT2D eigenvalue weighted by Crippen LogP contribution is -2.40. The minimum Gasteiger partial charge on any atom is -0.463 e. The molecule has 0 aromatic heterocycles. The van der Waals surface area contributed by atoms with Crippen LogP contribution in [-0.4, -0.2) is 36.2 Å². The molecule has 2 aromatic carbocycles. The van der Waals surface area contributed by atoms with Gasteiger partial charge in [0, 0.05) is 18.7 Å². The fourth-order valence-electron chi connectivity index (χ4n) is 2.70. The number of fused-ring (bicyclic) bond motifs is 1. The Morgan fingerprint density at radius 3 is 2.54 bits per heavy atom. The Hall–Kier alpha value is -2.31. The van der Waals surface area contributed by atoms with Gasteiger partial charge >= 0.3 is 11.9 Å². The topological polar surface area (TPSA) is 61.8 Å². The molecule has 0 bridgehead atoms. The van der Waals surface area contributed by atoms with Crippen molar-refractivity contribution >= 4 is 34.5 Å². The average Bonchev–Trinajstić information content (AvgIpc) is 2.61. The van der Waals surface area contributed by atoms with Gasteiger partial charge in [0.15, 0.2) is 0 Å². The number of thioether (sulfide) groups is 1. The van der Waals surface area contributed by atoms with E-state index < -0.39 is 24.1 Å². The number of hydrogen-bond donors (Lipinski definition) is 0. The van der Waals surface area contributed by atoms with E-state index in [1.54, 1.807) is 17.8 Å². The van der Waals surface area contributed by atoms with Gasteiger partial charge in [-0.05, 0) is 35.1 Å². The van der Waals surface area contributed by atoms with E-state index >= 15 is 0 Å². The second kappa shape index (κ2) is 8.38. The quantitative estimate of drug-likeness (QED) is 0.589. The van der Waals surface area contributed by atoms with E-state index in [2.05, 4.69) is 24.3 Å². The number of carbonyl (C=O) groups excluding carboxylic acids is 2. The highest BCUT2D eigenvalue weighted by molar-refractivity contribution is 8.00. The molecule has 0 spiro atoms. The third kappa shape index (κ3) is 4.86. The first-order chi connectivity index (χ1) is 12.5. The molecule has 0 amide bonds. The van der Waals surface area contributed by atoms with E-state index in [0.717, 1.165) is 10.3 Å². The number of rotatable bonds is 5. The van der Waals surface area contributed by atoms with Crippen LogP contribution in [0.15, 0.2) is 59.5 Å². The van der Waals surface area contributed by atoms with Gasteiger partial charge in [0.1, 0.15) is 24.3 Å². The van der Waals surface area contributed by atoms with Crippen molar-refractivity contribution in [3.8, 4) is 0 Å². The molecule has 136 valence electrons. The first-order valence-corrected chi connectivity index (χ1v) is 9.19. The van der Waals surface area contributed by atoms with Crippen molar-refractivity contribution in [2.75, 3.05) is 6.61 Å². The van der Waals surface area contributed by atoms with Gasteiger partial charge in [0.25, 0.3) is 0 Å². The molecule has 1 aliphatic rings. The summed E-state index contributed by atoms with van der Waals surface area (Å²) >= 11 is 1.55. The summed E-state index contributed by atoms with van der Waals surface area (Å²) in [6, 6.07) is 14.4. The molecule has 1 heterocycles. The number of carbonyl (C=O) groups is 2. The number of benzene rings is 2. The van der Waals surface area contributed by atoms with Gasteiger partial charge in [-0.25, -0.2) is 0 Å². The first-order valence-electron chi connectivity index (χ1n) is 8.31. The summed E-state index contributed by atoms with van der Waals surface area (Å²) in [6.45, 7) is 2.71. The van der Waals surface area contributed by atoms with Gasteiger partial charge in [-0.15, -0.1) is 0 Å². The Bertz CT molecular complexity index is 832. The fourth-order valence-corrected chi connectivity index (χ4v) is 3.68. The molecule has 0 radical (unpaired) electrons. The van der Waals surface area contributed by atoms with Crippen LogP contribution in [0.25, 0.3) is 10.8 Å². The molecule has 26 heavy (non-hydrogen) atoms. The lowest BCUT2D eigenvalue weighted by atomic mass is 10.1. The third-order valence-corrected chi connectivity index (χ3v) is 4.89. The Morgan fingerprint density at radius 2 is 1.81 bits per heavy atom. The Labute approximate surface area is 156 Å². The maximum absolute atomic E-state index is 11.3. The van der Waals surface area contributed by atoms with Crippen molar-refractivity contribution in [2.45, 2.75) is 36.4 Å². The predicted molar refractivity (Wildman–Crippen MR) is 99.8 cm³/mol. The average molecular weight is 372 g/mol. The molecule has 0 fully saturated rings. The third-order valence-electron chi connectivity index (χ3n) is 3.86. The van der Waals surface area contributed by atoms with E-state index in [4.69, 9.17) is 14.2 Å². The SMILES string of the molecule is CC(=O)OC[C@H]1OC(Sc2ccc3ccccc3c2)C=C[C@@H]1OC(C)=O. The summed E-state index contributed by atoms with van der Waals surface area (Å²) in [5.41, 5.74) is -0.261. The Morgan fingerprint density at radius 1 is 1.04 bits per heavy atom. The maximum atomic E-state index is 11.3.